The molecule has 3 aliphatic rings. The van der Waals surface area contributed by atoms with E-state index < -0.39 is 0 Å². The number of hydrogen-bond acceptors (Lipinski definition) is 6. The van der Waals surface area contributed by atoms with Gasteiger partial charge in [-0.1, -0.05) is 19.3 Å². The van der Waals surface area contributed by atoms with E-state index in [0.717, 1.165) is 38.2 Å². The summed E-state index contributed by atoms with van der Waals surface area (Å²) in [6.45, 7) is 2.90. The van der Waals surface area contributed by atoms with Crippen LogP contribution in [0.1, 0.15) is 63.2 Å². The van der Waals surface area contributed by atoms with Gasteiger partial charge in [0.25, 0.3) is 0 Å². The summed E-state index contributed by atoms with van der Waals surface area (Å²) in [6, 6.07) is 3.74. The van der Waals surface area contributed by atoms with Crippen LogP contribution in [-0.4, -0.2) is 52.3 Å². The van der Waals surface area contributed by atoms with Crippen LogP contribution in [0.25, 0.3) is 11.5 Å². The molecule has 0 N–H and O–H groups in total. The van der Waals surface area contributed by atoms with E-state index in [-0.39, 0.29) is 11.3 Å². The second kappa shape index (κ2) is 8.46. The Labute approximate surface area is 177 Å². The molecule has 1 aliphatic carbocycles. The maximum absolute atomic E-state index is 13.2. The lowest BCUT2D eigenvalue weighted by atomic mass is 9.72. The molecule has 0 radical (unpaired) electrons. The topological polar surface area (TPSA) is 81.4 Å². The molecule has 2 aliphatic heterocycles. The number of amides is 1. The number of ether oxygens (including phenoxy) is 1. The van der Waals surface area contributed by atoms with E-state index in [1.54, 1.807) is 12.4 Å². The first kappa shape index (κ1) is 19.7. The van der Waals surface area contributed by atoms with Crippen molar-refractivity contribution in [1.82, 2.24) is 20.1 Å². The quantitative estimate of drug-likeness (QED) is 0.762. The smallest absolute Gasteiger partial charge is 0.247 e. The zero-order chi connectivity index (χ0) is 20.4. The van der Waals surface area contributed by atoms with Gasteiger partial charge >= 0.3 is 0 Å². The molecule has 1 amide bonds. The van der Waals surface area contributed by atoms with Gasteiger partial charge in [-0.15, -0.1) is 10.2 Å². The number of pyridine rings is 1. The Kier molecular flexibility index (Phi) is 5.54. The van der Waals surface area contributed by atoms with Crippen LogP contribution in [0.4, 0.5) is 0 Å². The van der Waals surface area contributed by atoms with Gasteiger partial charge in [0.15, 0.2) is 0 Å². The monoisotopic (exact) mass is 410 g/mol. The molecule has 0 bridgehead atoms. The Morgan fingerprint density at radius 1 is 1.10 bits per heavy atom. The van der Waals surface area contributed by atoms with Crippen LogP contribution < -0.4 is 0 Å². The standard InChI is InChI=1S/C23H30N4O3/c28-20(14-17-4-2-1-3-5-17)27-15-19(23(16-27)8-12-29-13-9-23)22-26-25-21(30-22)18-6-10-24-11-7-18/h6-7,10-11,17,19H,1-5,8-9,12-16H2. The van der Waals surface area contributed by atoms with E-state index in [1.807, 2.05) is 12.1 Å². The third-order valence-corrected chi connectivity index (χ3v) is 7.34. The summed E-state index contributed by atoms with van der Waals surface area (Å²) in [6.07, 6.45) is 12.2. The minimum atomic E-state index is -0.0253. The highest BCUT2D eigenvalue weighted by atomic mass is 16.5. The van der Waals surface area contributed by atoms with Gasteiger partial charge in [-0.2, -0.15) is 0 Å². The van der Waals surface area contributed by atoms with Crippen LogP contribution in [0.3, 0.4) is 0 Å². The number of hydrogen-bond donors (Lipinski definition) is 0. The molecule has 7 nitrogen and oxygen atoms in total. The Morgan fingerprint density at radius 2 is 1.87 bits per heavy atom. The number of carbonyl (C=O) groups is 1. The number of aromatic nitrogens is 3. The third kappa shape index (κ3) is 3.87. The van der Waals surface area contributed by atoms with Gasteiger partial charge in [-0.05, 0) is 43.7 Å². The molecule has 1 atom stereocenters. The average Bonchev–Trinajstić information content (AvgIpc) is 3.41. The molecule has 2 aromatic heterocycles. The minimum Gasteiger partial charge on any atom is -0.420 e. The summed E-state index contributed by atoms with van der Waals surface area (Å²) in [7, 11) is 0. The number of rotatable bonds is 4. The summed E-state index contributed by atoms with van der Waals surface area (Å²) >= 11 is 0. The molecule has 30 heavy (non-hydrogen) atoms. The molecular weight excluding hydrogens is 380 g/mol. The van der Waals surface area contributed by atoms with E-state index in [2.05, 4.69) is 20.1 Å². The molecule has 1 unspecified atom stereocenters. The number of carbonyl (C=O) groups excluding carboxylic acids is 1. The van der Waals surface area contributed by atoms with Crippen LogP contribution in [0.2, 0.25) is 0 Å². The maximum atomic E-state index is 13.2. The summed E-state index contributed by atoms with van der Waals surface area (Å²) in [4.78, 5) is 19.3. The predicted octanol–water partition coefficient (Wildman–Crippen LogP) is 3.82. The summed E-state index contributed by atoms with van der Waals surface area (Å²) < 4.78 is 11.8. The molecular formula is C23H30N4O3. The van der Waals surface area contributed by atoms with Crippen molar-refractivity contribution in [2.75, 3.05) is 26.3 Å². The molecule has 0 aromatic carbocycles. The second-order valence-corrected chi connectivity index (χ2v) is 9.19. The summed E-state index contributed by atoms with van der Waals surface area (Å²) in [5.74, 6) is 2.08. The van der Waals surface area contributed by atoms with Crippen LogP contribution in [-0.2, 0) is 9.53 Å². The highest BCUT2D eigenvalue weighted by molar-refractivity contribution is 5.77. The molecule has 2 saturated heterocycles. The van der Waals surface area contributed by atoms with Gasteiger partial charge in [-0.25, -0.2) is 0 Å². The molecule has 1 spiro atoms. The van der Waals surface area contributed by atoms with E-state index in [0.29, 0.717) is 36.6 Å². The molecule has 1 saturated carbocycles. The first-order valence-electron chi connectivity index (χ1n) is 11.3. The zero-order valence-corrected chi connectivity index (χ0v) is 17.5. The second-order valence-electron chi connectivity index (χ2n) is 9.19. The van der Waals surface area contributed by atoms with Crippen molar-refractivity contribution < 1.29 is 13.9 Å². The lowest BCUT2D eigenvalue weighted by molar-refractivity contribution is -0.132. The predicted molar refractivity (Wildman–Crippen MR) is 111 cm³/mol. The molecule has 3 fully saturated rings. The number of nitrogens with zero attached hydrogens (tertiary/aromatic N) is 4. The van der Waals surface area contributed by atoms with Gasteiger partial charge in [0.1, 0.15) is 0 Å². The third-order valence-electron chi connectivity index (χ3n) is 7.34. The van der Waals surface area contributed by atoms with E-state index in [1.165, 1.54) is 32.1 Å². The fourth-order valence-corrected chi connectivity index (χ4v) is 5.54. The van der Waals surface area contributed by atoms with Crippen LogP contribution >= 0.6 is 0 Å². The van der Waals surface area contributed by atoms with E-state index in [4.69, 9.17) is 9.15 Å². The van der Waals surface area contributed by atoms with Gasteiger partial charge in [0.05, 0.1) is 5.92 Å². The first-order valence-corrected chi connectivity index (χ1v) is 11.3. The van der Waals surface area contributed by atoms with Crippen LogP contribution in [0.15, 0.2) is 28.9 Å². The average molecular weight is 411 g/mol. The fraction of sp³-hybridized carbons (Fsp3) is 0.652. The molecule has 160 valence electrons. The van der Waals surface area contributed by atoms with Crippen molar-refractivity contribution in [2.45, 2.75) is 57.3 Å². The summed E-state index contributed by atoms with van der Waals surface area (Å²) in [5, 5.41) is 8.71. The summed E-state index contributed by atoms with van der Waals surface area (Å²) in [5.41, 5.74) is 0.843. The Balaban J connectivity index is 1.36. The normalized spacial score (nSPS) is 24.4. The SMILES string of the molecule is O=C(CC1CCCCC1)N1CC(c2nnc(-c3ccncc3)o2)C2(CCOCC2)C1. The Morgan fingerprint density at radius 3 is 2.63 bits per heavy atom. The number of likely N-dealkylation sites (tertiary alicyclic amines) is 1. The van der Waals surface area contributed by atoms with Crippen molar-refractivity contribution >= 4 is 5.91 Å². The zero-order valence-electron chi connectivity index (χ0n) is 17.5. The maximum Gasteiger partial charge on any atom is 0.247 e. The Bertz CT molecular complexity index is 856. The minimum absolute atomic E-state index is 0.0253. The van der Waals surface area contributed by atoms with Crippen molar-refractivity contribution in [3.8, 4) is 11.5 Å². The lowest BCUT2D eigenvalue weighted by Crippen LogP contribution is -2.37. The fourth-order valence-electron chi connectivity index (χ4n) is 5.54. The lowest BCUT2D eigenvalue weighted by Gasteiger charge is -2.36. The first-order chi connectivity index (χ1) is 14.7. The van der Waals surface area contributed by atoms with Gasteiger partial charge in [-0.3, -0.25) is 9.78 Å². The van der Waals surface area contributed by atoms with Gasteiger partial charge in [0.2, 0.25) is 17.7 Å². The van der Waals surface area contributed by atoms with Gasteiger partial charge < -0.3 is 14.1 Å². The largest absolute Gasteiger partial charge is 0.420 e. The van der Waals surface area contributed by atoms with E-state index >= 15 is 0 Å². The highest BCUT2D eigenvalue weighted by Crippen LogP contribution is 2.49. The molecule has 7 heteroatoms. The molecule has 2 aromatic rings. The van der Waals surface area contributed by atoms with Crippen molar-refractivity contribution in [3.63, 3.8) is 0 Å². The highest BCUT2D eigenvalue weighted by Gasteiger charge is 2.51. The van der Waals surface area contributed by atoms with Crippen molar-refractivity contribution in [1.29, 1.82) is 0 Å². The molecule has 5 rings (SSSR count). The van der Waals surface area contributed by atoms with E-state index in [9.17, 15) is 4.79 Å². The van der Waals surface area contributed by atoms with Gasteiger partial charge in [0, 0.05) is 56.1 Å². The molecule has 4 heterocycles. The van der Waals surface area contributed by atoms with Crippen molar-refractivity contribution in [2.24, 2.45) is 11.3 Å². The van der Waals surface area contributed by atoms with Crippen LogP contribution in [0, 0.1) is 11.3 Å². The Hall–Kier alpha value is -2.28. The van der Waals surface area contributed by atoms with Crippen molar-refractivity contribution in [3.05, 3.63) is 30.4 Å². The van der Waals surface area contributed by atoms with Crippen LogP contribution in [0.5, 0.6) is 0 Å².